The Morgan fingerprint density at radius 3 is 2.48 bits per heavy atom. The van der Waals surface area contributed by atoms with Crippen molar-refractivity contribution < 1.29 is 24.2 Å². The number of fused-ring (bicyclic) bond motifs is 3. The minimum Gasteiger partial charge on any atom is -0.491 e. The van der Waals surface area contributed by atoms with E-state index in [2.05, 4.69) is 20.8 Å². The molecule has 0 fully saturated rings. The molecule has 3 aromatic rings. The zero-order valence-corrected chi connectivity index (χ0v) is 23.9. The van der Waals surface area contributed by atoms with Gasteiger partial charge in [0.25, 0.3) is 0 Å². The standard InChI is InChI=1S/C28H42N6O5.CH4/c1-17(2)24(31-28(37)25(36)18(3)4)23(35)10-8-7-9-13-29-26-27-33-32-19(5)34(27)22-12-11-20(16-21(22)30-26)39-15-14-38-6;/h11-12,16-18,24-25,36H,7-10,13-15H2,1-6H3,(H,29,30)(H,31,37);1H4/t24-,25-;/m0./s1. The molecule has 222 valence electrons. The molecule has 40 heavy (non-hydrogen) atoms. The number of hydrogen-bond acceptors (Lipinski definition) is 9. The van der Waals surface area contributed by atoms with Crippen LogP contribution >= 0.6 is 0 Å². The van der Waals surface area contributed by atoms with Gasteiger partial charge in [0, 0.05) is 26.1 Å². The summed E-state index contributed by atoms with van der Waals surface area (Å²) in [6.07, 6.45) is 1.62. The highest BCUT2D eigenvalue weighted by Crippen LogP contribution is 2.25. The Morgan fingerprint density at radius 2 is 1.80 bits per heavy atom. The van der Waals surface area contributed by atoms with Gasteiger partial charge in [-0.2, -0.15) is 0 Å². The van der Waals surface area contributed by atoms with Crippen LogP contribution in [0.4, 0.5) is 5.82 Å². The Balaban J connectivity index is 0.00000560. The summed E-state index contributed by atoms with van der Waals surface area (Å²) in [5, 5.41) is 24.7. The largest absolute Gasteiger partial charge is 0.491 e. The number of unbranched alkanes of at least 4 members (excludes halogenated alkanes) is 2. The summed E-state index contributed by atoms with van der Waals surface area (Å²) in [6.45, 7) is 10.8. The minimum absolute atomic E-state index is 0. The van der Waals surface area contributed by atoms with Crippen LogP contribution in [0, 0.1) is 18.8 Å². The van der Waals surface area contributed by atoms with Crippen LogP contribution in [0.3, 0.4) is 0 Å². The molecule has 11 heteroatoms. The van der Waals surface area contributed by atoms with Crippen molar-refractivity contribution >= 4 is 34.2 Å². The molecule has 0 radical (unpaired) electrons. The first-order valence-corrected chi connectivity index (χ1v) is 13.7. The van der Waals surface area contributed by atoms with Gasteiger partial charge < -0.3 is 25.2 Å². The summed E-state index contributed by atoms with van der Waals surface area (Å²) < 4.78 is 12.8. The number of nitrogens with one attached hydrogen (secondary N) is 2. The molecule has 0 spiro atoms. The molecule has 0 unspecified atom stereocenters. The molecule has 1 aromatic carbocycles. The third-order valence-electron chi connectivity index (χ3n) is 6.62. The number of methoxy groups -OCH3 is 1. The third-order valence-corrected chi connectivity index (χ3v) is 6.62. The molecule has 0 bridgehead atoms. The van der Waals surface area contributed by atoms with Gasteiger partial charge in [0.15, 0.2) is 11.6 Å². The van der Waals surface area contributed by atoms with Crippen molar-refractivity contribution in [3.8, 4) is 5.75 Å². The maximum absolute atomic E-state index is 12.8. The number of aromatic nitrogens is 4. The second-order valence-corrected chi connectivity index (χ2v) is 10.5. The predicted octanol–water partition coefficient (Wildman–Crippen LogP) is 3.95. The summed E-state index contributed by atoms with van der Waals surface area (Å²) in [7, 11) is 1.63. The van der Waals surface area contributed by atoms with Gasteiger partial charge in [-0.05, 0) is 43.7 Å². The molecule has 0 aliphatic carbocycles. The predicted molar refractivity (Wildman–Crippen MR) is 157 cm³/mol. The molecule has 2 aromatic heterocycles. The van der Waals surface area contributed by atoms with E-state index >= 15 is 0 Å². The van der Waals surface area contributed by atoms with Crippen molar-refractivity contribution in [3.63, 3.8) is 0 Å². The van der Waals surface area contributed by atoms with Crippen LogP contribution in [0.1, 0.15) is 66.6 Å². The molecule has 3 N–H and O–H groups in total. The van der Waals surface area contributed by atoms with Crippen molar-refractivity contribution in [2.24, 2.45) is 11.8 Å². The average molecular weight is 559 g/mol. The molecule has 0 aliphatic rings. The Hall–Kier alpha value is -3.31. The fourth-order valence-electron chi connectivity index (χ4n) is 4.33. The lowest BCUT2D eigenvalue weighted by Crippen LogP contribution is -2.49. The number of amides is 1. The zero-order chi connectivity index (χ0) is 28.5. The average Bonchev–Trinajstić information content (AvgIpc) is 3.30. The first kappa shape index (κ1) is 32.9. The number of aryl methyl sites for hydroxylation is 1. The summed E-state index contributed by atoms with van der Waals surface area (Å²) >= 11 is 0. The number of anilines is 1. The van der Waals surface area contributed by atoms with E-state index in [1.54, 1.807) is 21.0 Å². The van der Waals surface area contributed by atoms with Crippen LogP contribution in [0.15, 0.2) is 18.2 Å². The highest BCUT2D eigenvalue weighted by molar-refractivity contribution is 5.90. The molecular weight excluding hydrogens is 512 g/mol. The van der Waals surface area contributed by atoms with Gasteiger partial charge in [-0.15, -0.1) is 10.2 Å². The molecule has 0 aliphatic heterocycles. The van der Waals surface area contributed by atoms with Gasteiger partial charge in [0.1, 0.15) is 24.3 Å². The molecule has 11 nitrogen and oxygen atoms in total. The topological polar surface area (TPSA) is 140 Å². The Kier molecular flexibility index (Phi) is 12.7. The quantitative estimate of drug-likeness (QED) is 0.223. The van der Waals surface area contributed by atoms with E-state index < -0.39 is 18.1 Å². The van der Waals surface area contributed by atoms with Gasteiger partial charge in [-0.1, -0.05) is 41.5 Å². The van der Waals surface area contributed by atoms with E-state index in [-0.39, 0.29) is 25.0 Å². The number of aliphatic hydroxyl groups is 1. The number of aliphatic hydroxyl groups excluding tert-OH is 1. The van der Waals surface area contributed by atoms with Gasteiger partial charge >= 0.3 is 0 Å². The molecular formula is C29H46N6O5. The Labute approximate surface area is 237 Å². The SMILES string of the molecule is C.COCCOc1ccc2c(c1)nc(NCCCCCC(=O)[C@@H](NC(=O)[C@@H](O)C(C)C)C(C)C)c1nnc(C)n12. The number of rotatable bonds is 16. The van der Waals surface area contributed by atoms with Crippen molar-refractivity contribution in [1.82, 2.24) is 24.9 Å². The lowest BCUT2D eigenvalue weighted by molar-refractivity contribution is -0.135. The van der Waals surface area contributed by atoms with E-state index in [0.29, 0.717) is 49.8 Å². The van der Waals surface area contributed by atoms with Crippen LogP contribution in [-0.2, 0) is 14.3 Å². The maximum atomic E-state index is 12.8. The van der Waals surface area contributed by atoms with E-state index in [9.17, 15) is 14.7 Å². The zero-order valence-electron chi connectivity index (χ0n) is 23.9. The van der Waals surface area contributed by atoms with Crippen LogP contribution < -0.4 is 15.4 Å². The Morgan fingerprint density at radius 1 is 1.05 bits per heavy atom. The van der Waals surface area contributed by atoms with E-state index in [1.165, 1.54) is 0 Å². The highest BCUT2D eigenvalue weighted by atomic mass is 16.5. The lowest BCUT2D eigenvalue weighted by Gasteiger charge is -2.24. The number of nitrogens with zero attached hydrogens (tertiary/aromatic N) is 4. The van der Waals surface area contributed by atoms with Crippen LogP contribution in [0.5, 0.6) is 5.75 Å². The summed E-state index contributed by atoms with van der Waals surface area (Å²) in [5.41, 5.74) is 2.31. The molecule has 2 atom stereocenters. The highest BCUT2D eigenvalue weighted by Gasteiger charge is 2.27. The first-order valence-electron chi connectivity index (χ1n) is 13.7. The van der Waals surface area contributed by atoms with Gasteiger partial charge in [0.05, 0.1) is 23.7 Å². The van der Waals surface area contributed by atoms with Crippen molar-refractivity contribution in [1.29, 1.82) is 0 Å². The summed E-state index contributed by atoms with van der Waals surface area (Å²) in [6, 6.07) is 5.14. The van der Waals surface area contributed by atoms with Crippen LogP contribution in [-0.4, -0.2) is 75.4 Å². The van der Waals surface area contributed by atoms with Gasteiger partial charge in [-0.25, -0.2) is 4.98 Å². The number of ether oxygens (including phenoxy) is 2. The van der Waals surface area contributed by atoms with Gasteiger partial charge in [0.2, 0.25) is 11.6 Å². The number of carbonyl (C=O) groups is 2. The molecule has 2 heterocycles. The molecule has 0 saturated heterocycles. The second-order valence-electron chi connectivity index (χ2n) is 10.5. The maximum Gasteiger partial charge on any atom is 0.249 e. The van der Waals surface area contributed by atoms with E-state index in [0.717, 1.165) is 29.7 Å². The number of hydrogen-bond donors (Lipinski definition) is 3. The van der Waals surface area contributed by atoms with Crippen molar-refractivity contribution in [2.45, 2.75) is 79.9 Å². The smallest absolute Gasteiger partial charge is 0.249 e. The lowest BCUT2D eigenvalue weighted by atomic mass is 9.95. The molecule has 0 saturated carbocycles. The second kappa shape index (κ2) is 15.5. The minimum atomic E-state index is -1.12. The van der Waals surface area contributed by atoms with Crippen molar-refractivity contribution in [3.05, 3.63) is 24.0 Å². The Bertz CT molecular complexity index is 1260. The van der Waals surface area contributed by atoms with E-state index in [4.69, 9.17) is 14.5 Å². The molecule has 1 amide bonds. The number of Topliss-reactive ketones (excluding diaryl/α,β-unsaturated/α-hetero) is 1. The van der Waals surface area contributed by atoms with Crippen LogP contribution in [0.25, 0.3) is 16.7 Å². The third kappa shape index (κ3) is 8.34. The number of carbonyl (C=O) groups excluding carboxylic acids is 2. The van der Waals surface area contributed by atoms with Crippen molar-refractivity contribution in [2.75, 3.05) is 32.2 Å². The monoisotopic (exact) mass is 558 g/mol. The normalized spacial score (nSPS) is 12.9. The van der Waals surface area contributed by atoms with E-state index in [1.807, 2.05) is 43.4 Å². The van der Waals surface area contributed by atoms with Crippen LogP contribution in [0.2, 0.25) is 0 Å². The fraction of sp³-hybridized carbons (Fsp3) is 0.621. The van der Waals surface area contributed by atoms with Gasteiger partial charge in [-0.3, -0.25) is 14.0 Å². The fourth-order valence-corrected chi connectivity index (χ4v) is 4.33. The number of ketones is 1. The number of benzene rings is 1. The first-order chi connectivity index (χ1) is 18.6. The summed E-state index contributed by atoms with van der Waals surface area (Å²) in [5.74, 6) is 1.34. The summed E-state index contributed by atoms with van der Waals surface area (Å²) in [4.78, 5) is 29.8. The molecule has 3 rings (SSSR count).